The van der Waals surface area contributed by atoms with Gasteiger partial charge >= 0.3 is 0 Å². The molecule has 0 saturated heterocycles. The molecule has 0 unspecified atom stereocenters. The molecule has 3 nitrogen and oxygen atoms in total. The summed E-state index contributed by atoms with van der Waals surface area (Å²) in [7, 11) is 1.62. The number of rotatable bonds is 4. The van der Waals surface area contributed by atoms with Gasteiger partial charge in [-0.2, -0.15) is 0 Å². The van der Waals surface area contributed by atoms with Crippen molar-refractivity contribution in [3.63, 3.8) is 0 Å². The van der Waals surface area contributed by atoms with Crippen LogP contribution in [-0.4, -0.2) is 13.0 Å². The Bertz CT molecular complexity index is 680. The third-order valence-electron chi connectivity index (χ3n) is 3.03. The van der Waals surface area contributed by atoms with Gasteiger partial charge in [0.05, 0.1) is 0 Å². The maximum atomic E-state index is 13.5. The molecule has 2 N–H and O–H groups in total. The van der Waals surface area contributed by atoms with Crippen molar-refractivity contribution in [3.8, 4) is 0 Å². The fraction of sp³-hybridized carbons (Fsp3) is 0.188. The van der Waals surface area contributed by atoms with Gasteiger partial charge < -0.3 is 10.6 Å². The van der Waals surface area contributed by atoms with Crippen LogP contribution in [0.5, 0.6) is 0 Å². The van der Waals surface area contributed by atoms with Crippen LogP contribution in [0.2, 0.25) is 0 Å². The molecule has 0 saturated carbocycles. The number of nitrogens with zero attached hydrogens (tertiary/aromatic N) is 1. The van der Waals surface area contributed by atoms with Gasteiger partial charge in [0.2, 0.25) is 0 Å². The van der Waals surface area contributed by atoms with Crippen molar-refractivity contribution in [2.45, 2.75) is 13.1 Å². The van der Waals surface area contributed by atoms with Gasteiger partial charge in [-0.15, -0.1) is 24.0 Å². The van der Waals surface area contributed by atoms with E-state index in [9.17, 15) is 8.78 Å². The van der Waals surface area contributed by atoms with Gasteiger partial charge in [0.25, 0.3) is 0 Å². The van der Waals surface area contributed by atoms with Crippen LogP contribution in [0.25, 0.3) is 0 Å². The number of hydrogen-bond donors (Lipinski definition) is 2. The van der Waals surface area contributed by atoms with Crippen LogP contribution >= 0.6 is 39.9 Å². The molecule has 0 fully saturated rings. The van der Waals surface area contributed by atoms with E-state index in [4.69, 9.17) is 0 Å². The molecular weight excluding hydrogens is 479 g/mol. The normalized spacial score (nSPS) is 10.9. The number of aliphatic imine (C=N–C) groups is 1. The highest BCUT2D eigenvalue weighted by atomic mass is 127. The van der Waals surface area contributed by atoms with E-state index in [1.165, 1.54) is 6.07 Å². The van der Waals surface area contributed by atoms with Crippen LogP contribution in [0.3, 0.4) is 0 Å². The molecule has 0 spiro atoms. The SMILES string of the molecule is CN=C(NCc1cccc(Br)c1)NCc1cc(F)ccc1F.I. The summed E-state index contributed by atoms with van der Waals surface area (Å²) in [6, 6.07) is 11.2. The first kappa shape index (κ1) is 19.8. The van der Waals surface area contributed by atoms with Crippen LogP contribution in [0.15, 0.2) is 51.9 Å². The van der Waals surface area contributed by atoms with Crippen molar-refractivity contribution in [1.82, 2.24) is 10.6 Å². The molecule has 0 bridgehead atoms. The number of hydrogen-bond acceptors (Lipinski definition) is 1. The van der Waals surface area contributed by atoms with Gasteiger partial charge in [-0.05, 0) is 35.9 Å². The summed E-state index contributed by atoms with van der Waals surface area (Å²) in [6.45, 7) is 0.729. The Balaban J connectivity index is 0.00000264. The van der Waals surface area contributed by atoms with E-state index in [2.05, 4.69) is 31.6 Å². The van der Waals surface area contributed by atoms with Gasteiger partial charge in [-0.3, -0.25) is 4.99 Å². The molecule has 0 heterocycles. The lowest BCUT2D eigenvalue weighted by molar-refractivity contribution is 0.581. The molecule has 0 aliphatic heterocycles. The molecule has 7 heteroatoms. The maximum absolute atomic E-state index is 13.5. The second-order valence-corrected chi connectivity index (χ2v) is 5.56. The van der Waals surface area contributed by atoms with Crippen molar-refractivity contribution in [3.05, 3.63) is 69.7 Å². The highest BCUT2D eigenvalue weighted by Gasteiger charge is 2.05. The van der Waals surface area contributed by atoms with E-state index < -0.39 is 11.6 Å². The zero-order chi connectivity index (χ0) is 15.9. The molecule has 0 aliphatic carbocycles. The van der Waals surface area contributed by atoms with E-state index in [1.54, 1.807) is 7.05 Å². The molecule has 0 radical (unpaired) electrons. The topological polar surface area (TPSA) is 36.4 Å². The first-order valence-corrected chi connectivity index (χ1v) is 7.50. The van der Waals surface area contributed by atoms with Crippen molar-refractivity contribution >= 4 is 45.9 Å². The highest BCUT2D eigenvalue weighted by molar-refractivity contribution is 14.0. The van der Waals surface area contributed by atoms with Crippen LogP contribution in [0.4, 0.5) is 8.78 Å². The summed E-state index contributed by atoms with van der Waals surface area (Å²) in [5.41, 5.74) is 1.33. The fourth-order valence-electron chi connectivity index (χ4n) is 1.91. The molecule has 2 aromatic carbocycles. The first-order chi connectivity index (χ1) is 10.6. The number of halogens is 4. The minimum Gasteiger partial charge on any atom is -0.352 e. The monoisotopic (exact) mass is 495 g/mol. The average molecular weight is 496 g/mol. The Morgan fingerprint density at radius 3 is 2.52 bits per heavy atom. The lowest BCUT2D eigenvalue weighted by Crippen LogP contribution is -2.36. The van der Waals surface area contributed by atoms with Gasteiger partial charge in [-0.1, -0.05) is 28.1 Å². The van der Waals surface area contributed by atoms with Crippen molar-refractivity contribution in [1.29, 1.82) is 0 Å². The van der Waals surface area contributed by atoms with Gasteiger partial charge in [0.1, 0.15) is 11.6 Å². The predicted octanol–water partition coefficient (Wildman–Crippen LogP) is 4.21. The molecule has 23 heavy (non-hydrogen) atoms. The van der Waals surface area contributed by atoms with Crippen LogP contribution in [-0.2, 0) is 13.1 Å². The quantitative estimate of drug-likeness (QED) is 0.378. The lowest BCUT2D eigenvalue weighted by atomic mass is 10.2. The van der Waals surface area contributed by atoms with Gasteiger partial charge in [0.15, 0.2) is 5.96 Å². The Morgan fingerprint density at radius 1 is 1.09 bits per heavy atom. The summed E-state index contributed by atoms with van der Waals surface area (Å²) in [4.78, 5) is 4.06. The first-order valence-electron chi connectivity index (χ1n) is 6.71. The predicted molar refractivity (Wildman–Crippen MR) is 103 cm³/mol. The van der Waals surface area contributed by atoms with Gasteiger partial charge in [0, 0.05) is 30.2 Å². The molecular formula is C16H17BrF2IN3. The van der Waals surface area contributed by atoms with Crippen molar-refractivity contribution in [2.24, 2.45) is 4.99 Å². The lowest BCUT2D eigenvalue weighted by Gasteiger charge is -2.12. The number of nitrogens with one attached hydrogen (secondary N) is 2. The molecule has 0 aliphatic rings. The molecule has 0 aromatic heterocycles. The largest absolute Gasteiger partial charge is 0.352 e. The molecule has 0 atom stereocenters. The summed E-state index contributed by atoms with van der Waals surface area (Å²) >= 11 is 3.41. The van der Waals surface area contributed by atoms with Crippen molar-refractivity contribution in [2.75, 3.05) is 7.05 Å². The third kappa shape index (κ3) is 6.42. The number of guanidine groups is 1. The summed E-state index contributed by atoms with van der Waals surface area (Å²) in [5.74, 6) is -0.393. The summed E-state index contributed by atoms with van der Waals surface area (Å²) < 4.78 is 27.7. The molecule has 2 aromatic rings. The Hall–Kier alpha value is -1.22. The Kier molecular flexibility index (Phi) is 8.46. The molecule has 0 amide bonds. The van der Waals surface area contributed by atoms with E-state index in [0.29, 0.717) is 12.5 Å². The Morgan fingerprint density at radius 2 is 1.83 bits per heavy atom. The minimum absolute atomic E-state index is 0. The standard InChI is InChI=1S/C16H16BrF2N3.HI/c1-20-16(21-9-11-3-2-4-13(17)7-11)22-10-12-8-14(18)5-6-15(12)19;/h2-8H,9-10H2,1H3,(H2,20,21,22);1H. The third-order valence-corrected chi connectivity index (χ3v) is 3.52. The van der Waals surface area contributed by atoms with E-state index in [0.717, 1.165) is 22.2 Å². The van der Waals surface area contributed by atoms with E-state index in [-0.39, 0.29) is 36.1 Å². The zero-order valence-electron chi connectivity index (χ0n) is 12.4. The number of benzene rings is 2. The maximum Gasteiger partial charge on any atom is 0.191 e. The molecule has 2 rings (SSSR count). The second-order valence-electron chi connectivity index (χ2n) is 4.64. The smallest absolute Gasteiger partial charge is 0.191 e. The summed E-state index contributed by atoms with van der Waals surface area (Å²) in [6.07, 6.45) is 0. The summed E-state index contributed by atoms with van der Waals surface area (Å²) in [5, 5.41) is 6.08. The highest BCUT2D eigenvalue weighted by Crippen LogP contribution is 2.11. The van der Waals surface area contributed by atoms with E-state index in [1.807, 2.05) is 24.3 Å². The Labute approximate surface area is 159 Å². The van der Waals surface area contributed by atoms with Crippen LogP contribution < -0.4 is 10.6 Å². The fourth-order valence-corrected chi connectivity index (χ4v) is 2.36. The average Bonchev–Trinajstić information content (AvgIpc) is 2.51. The van der Waals surface area contributed by atoms with Gasteiger partial charge in [-0.25, -0.2) is 8.78 Å². The van der Waals surface area contributed by atoms with Crippen LogP contribution in [0, 0.1) is 11.6 Å². The zero-order valence-corrected chi connectivity index (χ0v) is 16.4. The minimum atomic E-state index is -0.463. The van der Waals surface area contributed by atoms with Crippen molar-refractivity contribution < 1.29 is 8.78 Å². The van der Waals surface area contributed by atoms with Crippen LogP contribution in [0.1, 0.15) is 11.1 Å². The van der Waals surface area contributed by atoms with E-state index >= 15 is 0 Å². The second kappa shape index (κ2) is 9.82. The molecule has 124 valence electrons.